The zero-order valence-corrected chi connectivity index (χ0v) is 9.00. The van der Waals surface area contributed by atoms with Crippen LogP contribution in [0.3, 0.4) is 0 Å². The van der Waals surface area contributed by atoms with E-state index in [9.17, 15) is 0 Å². The standard InChI is InChI=1S/C11H13NOS/c1-12(6-7-14)10-8-13-11-5-3-2-4-9(10)11/h2-5,8,14H,6-7H2,1H3. The fourth-order valence-corrected chi connectivity index (χ4v) is 1.83. The van der Waals surface area contributed by atoms with Gasteiger partial charge in [-0.15, -0.1) is 0 Å². The number of hydrogen-bond acceptors (Lipinski definition) is 3. The number of fused-ring (bicyclic) bond motifs is 1. The fraction of sp³-hybridized carbons (Fsp3) is 0.273. The van der Waals surface area contributed by atoms with Crippen LogP contribution in [0.5, 0.6) is 0 Å². The van der Waals surface area contributed by atoms with Crippen LogP contribution in [0.2, 0.25) is 0 Å². The highest BCUT2D eigenvalue weighted by molar-refractivity contribution is 7.80. The van der Waals surface area contributed by atoms with E-state index < -0.39 is 0 Å². The predicted octanol–water partition coefficient (Wildman–Crippen LogP) is 2.80. The molecule has 3 heteroatoms. The molecule has 74 valence electrons. The molecule has 0 N–H and O–H groups in total. The van der Waals surface area contributed by atoms with Gasteiger partial charge < -0.3 is 9.32 Å². The monoisotopic (exact) mass is 207 g/mol. The molecule has 0 unspecified atom stereocenters. The summed E-state index contributed by atoms with van der Waals surface area (Å²) in [5, 5.41) is 1.16. The van der Waals surface area contributed by atoms with Crippen LogP contribution in [-0.2, 0) is 0 Å². The number of rotatable bonds is 3. The number of thiol groups is 1. The van der Waals surface area contributed by atoms with E-state index in [2.05, 4.69) is 23.6 Å². The Hall–Kier alpha value is -1.09. The first-order valence-electron chi connectivity index (χ1n) is 4.61. The van der Waals surface area contributed by atoms with Crippen LogP contribution in [-0.4, -0.2) is 19.3 Å². The first-order chi connectivity index (χ1) is 6.83. The van der Waals surface area contributed by atoms with Crippen LogP contribution in [0.4, 0.5) is 5.69 Å². The molecule has 0 spiro atoms. The third kappa shape index (κ3) is 1.60. The Morgan fingerprint density at radius 1 is 1.36 bits per heavy atom. The Balaban J connectivity index is 2.42. The lowest BCUT2D eigenvalue weighted by Crippen LogP contribution is -2.18. The van der Waals surface area contributed by atoms with Gasteiger partial charge >= 0.3 is 0 Å². The molecule has 0 aliphatic heterocycles. The van der Waals surface area contributed by atoms with Crippen LogP contribution in [0.15, 0.2) is 34.9 Å². The second kappa shape index (κ2) is 3.96. The topological polar surface area (TPSA) is 16.4 Å². The summed E-state index contributed by atoms with van der Waals surface area (Å²) >= 11 is 4.21. The maximum absolute atomic E-state index is 5.45. The maximum Gasteiger partial charge on any atom is 0.136 e. The van der Waals surface area contributed by atoms with Crippen molar-refractivity contribution in [1.82, 2.24) is 0 Å². The van der Waals surface area contributed by atoms with Crippen molar-refractivity contribution in [2.45, 2.75) is 0 Å². The smallest absolute Gasteiger partial charge is 0.136 e. The molecule has 2 nitrogen and oxygen atoms in total. The maximum atomic E-state index is 5.45. The zero-order valence-electron chi connectivity index (χ0n) is 8.10. The first kappa shape index (κ1) is 9.46. The third-order valence-electron chi connectivity index (χ3n) is 2.31. The van der Waals surface area contributed by atoms with E-state index in [1.807, 2.05) is 25.2 Å². The van der Waals surface area contributed by atoms with Gasteiger partial charge in [-0.1, -0.05) is 12.1 Å². The molecule has 1 aromatic carbocycles. The number of furan rings is 1. The lowest BCUT2D eigenvalue weighted by molar-refractivity contribution is 0.615. The van der Waals surface area contributed by atoms with Crippen molar-refractivity contribution in [1.29, 1.82) is 0 Å². The Morgan fingerprint density at radius 2 is 2.14 bits per heavy atom. The van der Waals surface area contributed by atoms with Crippen molar-refractivity contribution >= 4 is 29.3 Å². The Kier molecular flexibility index (Phi) is 2.68. The minimum atomic E-state index is 0.843. The molecule has 0 aliphatic rings. The normalized spacial score (nSPS) is 10.7. The summed E-state index contributed by atoms with van der Waals surface area (Å²) in [4.78, 5) is 2.15. The Bertz CT molecular complexity index is 424. The third-order valence-corrected chi connectivity index (χ3v) is 2.51. The van der Waals surface area contributed by atoms with E-state index >= 15 is 0 Å². The van der Waals surface area contributed by atoms with Crippen molar-refractivity contribution in [2.24, 2.45) is 0 Å². The fourth-order valence-electron chi connectivity index (χ4n) is 1.53. The molecule has 0 aliphatic carbocycles. The molecule has 2 rings (SSSR count). The molecule has 0 bridgehead atoms. The van der Waals surface area contributed by atoms with Gasteiger partial charge in [0.05, 0.1) is 5.69 Å². The van der Waals surface area contributed by atoms with Gasteiger partial charge in [0.15, 0.2) is 0 Å². The number of nitrogens with zero attached hydrogens (tertiary/aromatic N) is 1. The molecule has 0 saturated heterocycles. The molecular weight excluding hydrogens is 194 g/mol. The number of anilines is 1. The van der Waals surface area contributed by atoms with Crippen LogP contribution >= 0.6 is 12.6 Å². The van der Waals surface area contributed by atoms with E-state index in [0.717, 1.165) is 29.0 Å². The lowest BCUT2D eigenvalue weighted by atomic mass is 10.2. The highest BCUT2D eigenvalue weighted by Gasteiger charge is 2.07. The molecule has 14 heavy (non-hydrogen) atoms. The Labute approximate surface area is 88.9 Å². The highest BCUT2D eigenvalue weighted by Crippen LogP contribution is 2.27. The van der Waals surface area contributed by atoms with Gasteiger partial charge in [0.25, 0.3) is 0 Å². The molecule has 0 fully saturated rings. The van der Waals surface area contributed by atoms with Crippen molar-refractivity contribution in [2.75, 3.05) is 24.2 Å². The van der Waals surface area contributed by atoms with Gasteiger partial charge in [0.1, 0.15) is 11.8 Å². The minimum absolute atomic E-state index is 0.843. The van der Waals surface area contributed by atoms with Gasteiger partial charge in [-0.05, 0) is 12.1 Å². The van der Waals surface area contributed by atoms with Crippen LogP contribution < -0.4 is 4.90 Å². The van der Waals surface area contributed by atoms with Crippen LogP contribution in [0.1, 0.15) is 0 Å². The molecule has 2 aromatic rings. The molecule has 0 atom stereocenters. The molecule has 0 radical (unpaired) electrons. The van der Waals surface area contributed by atoms with Gasteiger partial charge in [-0.3, -0.25) is 0 Å². The van der Waals surface area contributed by atoms with Crippen molar-refractivity contribution in [3.05, 3.63) is 30.5 Å². The molecular formula is C11H13NOS. The highest BCUT2D eigenvalue weighted by atomic mass is 32.1. The molecule has 1 aromatic heterocycles. The molecule has 0 amide bonds. The second-order valence-electron chi connectivity index (χ2n) is 3.26. The average molecular weight is 207 g/mol. The van der Waals surface area contributed by atoms with E-state index in [-0.39, 0.29) is 0 Å². The second-order valence-corrected chi connectivity index (χ2v) is 3.71. The summed E-state index contributed by atoms with van der Waals surface area (Å²) in [6.45, 7) is 0.923. The first-order valence-corrected chi connectivity index (χ1v) is 5.24. The van der Waals surface area contributed by atoms with E-state index in [4.69, 9.17) is 4.42 Å². The summed E-state index contributed by atoms with van der Waals surface area (Å²) in [6, 6.07) is 8.06. The minimum Gasteiger partial charge on any atom is -0.462 e. The van der Waals surface area contributed by atoms with Gasteiger partial charge in [0.2, 0.25) is 0 Å². The van der Waals surface area contributed by atoms with Gasteiger partial charge in [-0.25, -0.2) is 0 Å². The van der Waals surface area contributed by atoms with E-state index in [1.54, 1.807) is 6.26 Å². The number of benzene rings is 1. The van der Waals surface area contributed by atoms with Crippen LogP contribution in [0.25, 0.3) is 11.0 Å². The summed E-state index contributed by atoms with van der Waals surface area (Å²) < 4.78 is 5.45. The van der Waals surface area contributed by atoms with Crippen molar-refractivity contribution in [3.63, 3.8) is 0 Å². The molecule has 1 heterocycles. The van der Waals surface area contributed by atoms with Gasteiger partial charge in [-0.2, -0.15) is 12.6 Å². The zero-order chi connectivity index (χ0) is 9.97. The lowest BCUT2D eigenvalue weighted by Gasteiger charge is -2.15. The van der Waals surface area contributed by atoms with E-state index in [1.165, 1.54) is 0 Å². The van der Waals surface area contributed by atoms with Crippen molar-refractivity contribution in [3.8, 4) is 0 Å². The Morgan fingerprint density at radius 3 is 2.93 bits per heavy atom. The largest absolute Gasteiger partial charge is 0.462 e. The van der Waals surface area contributed by atoms with E-state index in [0.29, 0.717) is 0 Å². The molecule has 0 saturated carbocycles. The predicted molar refractivity (Wildman–Crippen MR) is 63.3 cm³/mol. The summed E-state index contributed by atoms with van der Waals surface area (Å²) in [6.07, 6.45) is 1.80. The SMILES string of the molecule is CN(CCS)c1coc2ccccc12. The quantitative estimate of drug-likeness (QED) is 0.779. The summed E-state index contributed by atoms with van der Waals surface area (Å²) in [5.74, 6) is 0.843. The van der Waals surface area contributed by atoms with Gasteiger partial charge in [0, 0.05) is 24.7 Å². The van der Waals surface area contributed by atoms with Crippen molar-refractivity contribution < 1.29 is 4.42 Å². The number of hydrogen-bond donors (Lipinski definition) is 1. The number of para-hydroxylation sites is 1. The summed E-state index contributed by atoms with van der Waals surface area (Å²) in [5.41, 5.74) is 2.07. The average Bonchev–Trinajstić information content (AvgIpc) is 2.61. The summed E-state index contributed by atoms with van der Waals surface area (Å²) in [7, 11) is 2.05. The van der Waals surface area contributed by atoms with Crippen LogP contribution in [0, 0.1) is 0 Å².